The summed E-state index contributed by atoms with van der Waals surface area (Å²) in [5, 5.41) is 4.85. The molecule has 1 aromatic heterocycles. The number of nitrogens with one attached hydrogen (secondary N) is 1. The topological polar surface area (TPSA) is 77.9 Å². The van der Waals surface area contributed by atoms with Crippen molar-refractivity contribution < 1.29 is 14.2 Å². The van der Waals surface area contributed by atoms with Crippen LogP contribution in [0.1, 0.15) is 5.56 Å². The Morgan fingerprint density at radius 1 is 0.963 bits per heavy atom. The second-order valence-electron chi connectivity index (χ2n) is 5.26. The maximum Gasteiger partial charge on any atom is 0.328 e. The van der Waals surface area contributed by atoms with Crippen molar-refractivity contribution in [1.82, 2.24) is 9.97 Å². The summed E-state index contributed by atoms with van der Waals surface area (Å²) in [6.07, 6.45) is 1.63. The number of hydrogen-bond donors (Lipinski definition) is 1. The van der Waals surface area contributed by atoms with Gasteiger partial charge >= 0.3 is 6.01 Å². The molecule has 0 radical (unpaired) electrons. The van der Waals surface area contributed by atoms with E-state index < -0.39 is 0 Å². The van der Waals surface area contributed by atoms with Gasteiger partial charge in [-0.05, 0) is 30.3 Å². The quantitative estimate of drug-likeness (QED) is 0.481. The molecule has 0 amide bonds. The van der Waals surface area contributed by atoms with Gasteiger partial charge in [0.15, 0.2) is 0 Å². The summed E-state index contributed by atoms with van der Waals surface area (Å²) in [4.78, 5) is 8.33. The van der Waals surface area contributed by atoms with E-state index in [1.54, 1.807) is 30.5 Å². The van der Waals surface area contributed by atoms with E-state index in [1.165, 1.54) is 14.2 Å². The minimum Gasteiger partial charge on any atom is -0.481 e. The highest BCUT2D eigenvalue weighted by atomic mass is 35.5. The van der Waals surface area contributed by atoms with Crippen LogP contribution >= 0.6 is 11.6 Å². The monoisotopic (exact) mass is 384 g/mol. The minimum atomic E-state index is 0.106. The van der Waals surface area contributed by atoms with Crippen molar-refractivity contribution in [3.05, 3.63) is 65.2 Å². The summed E-state index contributed by atoms with van der Waals surface area (Å²) < 4.78 is 16.1. The van der Waals surface area contributed by atoms with E-state index in [-0.39, 0.29) is 6.01 Å². The molecule has 0 aliphatic carbocycles. The minimum absolute atomic E-state index is 0.106. The van der Waals surface area contributed by atoms with Gasteiger partial charge in [-0.15, -0.1) is 0 Å². The Hall–Kier alpha value is -3.32. The third-order valence-electron chi connectivity index (χ3n) is 3.42. The van der Waals surface area contributed by atoms with Crippen LogP contribution in [0.3, 0.4) is 0 Å². The van der Waals surface area contributed by atoms with Gasteiger partial charge in [0.25, 0.3) is 0 Å². The molecule has 0 saturated heterocycles. The Labute approximate surface area is 161 Å². The van der Waals surface area contributed by atoms with Gasteiger partial charge in [0, 0.05) is 10.6 Å². The zero-order valence-corrected chi connectivity index (χ0v) is 15.5. The Kier molecular flexibility index (Phi) is 6.06. The average Bonchev–Trinajstić information content (AvgIpc) is 2.69. The van der Waals surface area contributed by atoms with Crippen LogP contribution in [0.2, 0.25) is 5.02 Å². The van der Waals surface area contributed by atoms with Crippen molar-refractivity contribution in [2.45, 2.75) is 0 Å². The second-order valence-corrected chi connectivity index (χ2v) is 5.69. The number of halogens is 1. The van der Waals surface area contributed by atoms with Gasteiger partial charge in [0.05, 0.1) is 32.2 Å². The molecular formula is C19H17ClN4O3. The molecule has 0 aliphatic rings. The Balaban J connectivity index is 1.79. The number of hydrazone groups is 1. The second kappa shape index (κ2) is 8.86. The van der Waals surface area contributed by atoms with E-state index >= 15 is 0 Å². The van der Waals surface area contributed by atoms with Crippen LogP contribution in [0.15, 0.2) is 59.7 Å². The smallest absolute Gasteiger partial charge is 0.328 e. The molecule has 2 aromatic carbocycles. The van der Waals surface area contributed by atoms with Crippen molar-refractivity contribution in [3.63, 3.8) is 0 Å². The Morgan fingerprint density at radius 2 is 1.70 bits per heavy atom. The third-order valence-corrected chi connectivity index (χ3v) is 3.65. The number of para-hydroxylation sites is 1. The number of rotatable bonds is 7. The number of benzene rings is 2. The Bertz CT molecular complexity index is 927. The molecule has 0 atom stereocenters. The summed E-state index contributed by atoms with van der Waals surface area (Å²) >= 11 is 5.96. The fourth-order valence-electron chi connectivity index (χ4n) is 2.15. The predicted octanol–water partition coefficient (Wildman–Crippen LogP) is 4.39. The van der Waals surface area contributed by atoms with Gasteiger partial charge in [-0.2, -0.15) is 15.1 Å². The largest absolute Gasteiger partial charge is 0.481 e. The number of aromatic nitrogens is 2. The highest BCUT2D eigenvalue weighted by Gasteiger charge is 2.09. The summed E-state index contributed by atoms with van der Waals surface area (Å²) in [6, 6.07) is 16.3. The van der Waals surface area contributed by atoms with Gasteiger partial charge in [-0.25, -0.2) is 0 Å². The van der Waals surface area contributed by atoms with Crippen molar-refractivity contribution in [1.29, 1.82) is 0 Å². The molecule has 1 N–H and O–H groups in total. The lowest BCUT2D eigenvalue weighted by Crippen LogP contribution is -1.99. The fourth-order valence-corrected chi connectivity index (χ4v) is 2.34. The van der Waals surface area contributed by atoms with E-state index in [0.717, 1.165) is 11.3 Å². The lowest BCUT2D eigenvalue weighted by Gasteiger charge is -2.09. The van der Waals surface area contributed by atoms with Crippen LogP contribution in [-0.2, 0) is 0 Å². The normalized spacial score (nSPS) is 10.6. The number of ether oxygens (including phenoxy) is 3. The number of anilines is 1. The van der Waals surface area contributed by atoms with Gasteiger partial charge in [-0.3, -0.25) is 5.43 Å². The van der Waals surface area contributed by atoms with E-state index in [0.29, 0.717) is 22.5 Å². The molecule has 3 aromatic rings. The van der Waals surface area contributed by atoms with Crippen LogP contribution in [0.4, 0.5) is 5.69 Å². The molecule has 0 fully saturated rings. The fraction of sp³-hybridized carbons (Fsp3) is 0.105. The van der Waals surface area contributed by atoms with Crippen LogP contribution in [0.5, 0.6) is 23.5 Å². The molecule has 0 bridgehead atoms. The zero-order valence-electron chi connectivity index (χ0n) is 14.7. The molecule has 3 rings (SSSR count). The van der Waals surface area contributed by atoms with Crippen molar-refractivity contribution in [2.24, 2.45) is 5.10 Å². The molecule has 0 spiro atoms. The lowest BCUT2D eigenvalue weighted by molar-refractivity contribution is 0.348. The SMILES string of the molecule is COc1cc(OC)nc(Oc2ccccc2/C=N/Nc2cccc(Cl)c2)n1. The van der Waals surface area contributed by atoms with Gasteiger partial charge in [0.2, 0.25) is 11.8 Å². The molecule has 7 nitrogen and oxygen atoms in total. The standard InChI is InChI=1S/C19H17ClN4O3/c1-25-17-11-18(26-2)23-19(22-17)27-16-9-4-3-6-13(16)12-21-24-15-8-5-7-14(20)10-15/h3-12,24H,1-2H3/b21-12+. The molecule has 138 valence electrons. The first kappa shape index (κ1) is 18.5. The van der Waals surface area contributed by atoms with Crippen LogP contribution < -0.4 is 19.6 Å². The van der Waals surface area contributed by atoms with E-state index in [9.17, 15) is 0 Å². The summed E-state index contributed by atoms with van der Waals surface area (Å²) in [5.41, 5.74) is 4.43. The molecule has 8 heteroatoms. The highest BCUT2D eigenvalue weighted by Crippen LogP contribution is 2.25. The Morgan fingerprint density at radius 3 is 2.41 bits per heavy atom. The van der Waals surface area contributed by atoms with Gasteiger partial charge in [0.1, 0.15) is 5.75 Å². The molecular weight excluding hydrogens is 368 g/mol. The van der Waals surface area contributed by atoms with Crippen LogP contribution in [0.25, 0.3) is 0 Å². The average molecular weight is 385 g/mol. The van der Waals surface area contributed by atoms with Crippen molar-refractivity contribution >= 4 is 23.5 Å². The molecule has 0 unspecified atom stereocenters. The zero-order chi connectivity index (χ0) is 19.1. The summed E-state index contributed by atoms with van der Waals surface area (Å²) in [7, 11) is 3.02. The van der Waals surface area contributed by atoms with E-state index in [2.05, 4.69) is 20.5 Å². The first-order valence-electron chi connectivity index (χ1n) is 7.96. The lowest BCUT2D eigenvalue weighted by atomic mass is 10.2. The van der Waals surface area contributed by atoms with Gasteiger partial charge < -0.3 is 14.2 Å². The highest BCUT2D eigenvalue weighted by molar-refractivity contribution is 6.30. The molecule has 1 heterocycles. The molecule has 0 aliphatic heterocycles. The molecule has 27 heavy (non-hydrogen) atoms. The molecule has 0 saturated carbocycles. The number of nitrogens with zero attached hydrogens (tertiary/aromatic N) is 3. The van der Waals surface area contributed by atoms with E-state index in [4.69, 9.17) is 25.8 Å². The summed E-state index contributed by atoms with van der Waals surface area (Å²) in [5.74, 6) is 1.21. The van der Waals surface area contributed by atoms with Gasteiger partial charge in [-0.1, -0.05) is 29.8 Å². The van der Waals surface area contributed by atoms with Crippen molar-refractivity contribution in [2.75, 3.05) is 19.6 Å². The number of methoxy groups -OCH3 is 2. The van der Waals surface area contributed by atoms with E-state index in [1.807, 2.05) is 30.3 Å². The summed E-state index contributed by atoms with van der Waals surface area (Å²) in [6.45, 7) is 0. The van der Waals surface area contributed by atoms with Crippen LogP contribution in [-0.4, -0.2) is 30.4 Å². The van der Waals surface area contributed by atoms with Crippen molar-refractivity contribution in [3.8, 4) is 23.5 Å². The maximum absolute atomic E-state index is 5.96. The predicted molar refractivity (Wildman–Crippen MR) is 104 cm³/mol. The number of hydrogen-bond acceptors (Lipinski definition) is 7. The van der Waals surface area contributed by atoms with Crippen LogP contribution in [0, 0.1) is 0 Å². The third kappa shape index (κ3) is 5.08. The first-order valence-corrected chi connectivity index (χ1v) is 8.34. The first-order chi connectivity index (χ1) is 13.2. The maximum atomic E-state index is 5.96.